The number of nitrogens with zero attached hydrogens (tertiary/aromatic N) is 5. The molecule has 4 aromatic rings. The van der Waals surface area contributed by atoms with E-state index in [-0.39, 0.29) is 144 Å². The Balaban J connectivity index is 0.000000401. The summed E-state index contributed by atoms with van der Waals surface area (Å²) in [5.41, 5.74) is 56.3. The molecule has 0 saturated carbocycles. The monoisotopic (exact) mass is 2140 g/mol. The van der Waals surface area contributed by atoms with Gasteiger partial charge in [-0.25, -0.2) is 0 Å². The lowest BCUT2D eigenvalue weighted by atomic mass is 10.0. The van der Waals surface area contributed by atoms with Crippen molar-refractivity contribution in [1.29, 1.82) is 0 Å². The van der Waals surface area contributed by atoms with Crippen molar-refractivity contribution < 1.29 is 116 Å². The number of hydrogen-bond acceptors (Lipinski definition) is 30. The second kappa shape index (κ2) is 61.3. The highest BCUT2D eigenvalue weighted by Gasteiger charge is 2.46. The first-order chi connectivity index (χ1) is 70.4. The van der Waals surface area contributed by atoms with E-state index in [0.717, 1.165) is 25.9 Å². The Morgan fingerprint density at radius 2 is 0.784 bits per heavy atom. The molecule has 0 spiro atoms. The van der Waals surface area contributed by atoms with Gasteiger partial charge in [-0.2, -0.15) is 12.6 Å². The first-order valence-corrected chi connectivity index (χ1v) is 51.2. The average Bonchev–Trinajstić information content (AvgIpc) is 1.55. The van der Waals surface area contributed by atoms with Crippen molar-refractivity contribution in [1.82, 2.24) is 83.2 Å². The Morgan fingerprint density at radius 1 is 0.419 bits per heavy atom. The molecule has 148 heavy (non-hydrogen) atoms. The summed E-state index contributed by atoms with van der Waals surface area (Å²) in [6, 6.07) is 8.58. The van der Waals surface area contributed by atoms with E-state index >= 15 is 0 Å². The number of benzene rings is 4. The molecule has 4 aromatic carbocycles. The normalized spacial score (nSPS) is 21.3. The number of carbonyl (C=O) groups excluding carboxylic acids is 22. The van der Waals surface area contributed by atoms with Crippen molar-refractivity contribution in [2.45, 2.75) is 213 Å². The molecule has 0 aliphatic carbocycles. The zero-order valence-corrected chi connectivity index (χ0v) is 84.1. The SMILES string of the molecule is NC(=O)CC[C@@H]1NC(=O)[C@H](Cc2ccccc2)NC(=O)[C@H](Cc2ccc(O)cc2)NC(=O)CCSN([C@@H](CS)C(=O)N2CCC[C@H]2C(=O)N[C@H](CCCN=C(N)N)C(=O)NCC(N)=O)C(=O)[C@H](CC(N)=O)NC1=O.NC(=O)CC[C@@H]1NC(=O)[C@H](Cc2ccccc2)NC(=O)[C@H](Cc2ccc(O)cc2)NC(=O)CCSSC[C@@H](C(=O)N2CCC[C@H]2C(=O)N[C@H](CCCN=C(N)N)C(=O)NCC(N)=O)NC(=O)[C@H](CC(N)=O)NC1=O. The molecule has 56 heteroatoms. The molecule has 14 atom stereocenters. The quantitative estimate of drug-likeness (QED) is 0.00491. The summed E-state index contributed by atoms with van der Waals surface area (Å²) in [5.74, 6) is -20.5. The van der Waals surface area contributed by atoms with Crippen LogP contribution >= 0.6 is 46.2 Å². The molecule has 4 heterocycles. The van der Waals surface area contributed by atoms with Gasteiger partial charge in [-0.15, -0.1) is 0 Å². The molecule has 35 N–H and O–H groups in total. The van der Waals surface area contributed by atoms with E-state index in [1.54, 1.807) is 72.8 Å². The maximum absolute atomic E-state index is 14.9. The van der Waals surface area contributed by atoms with Gasteiger partial charge in [0, 0.05) is 101 Å². The van der Waals surface area contributed by atoms with Crippen LogP contribution in [0.1, 0.15) is 125 Å². The van der Waals surface area contributed by atoms with Gasteiger partial charge in [0.25, 0.3) is 5.91 Å². The minimum atomic E-state index is -1.84. The molecule has 4 aliphatic rings. The predicted molar refractivity (Wildman–Crippen MR) is 544 cm³/mol. The number of phenols is 2. The molecule has 22 amide bonds. The number of rotatable bonds is 40. The zero-order valence-electron chi connectivity index (χ0n) is 80.7. The zero-order chi connectivity index (χ0) is 109. The molecule has 0 radical (unpaired) electrons. The van der Waals surface area contributed by atoms with Crippen molar-refractivity contribution in [3.63, 3.8) is 0 Å². The highest BCUT2D eigenvalue weighted by Crippen LogP contribution is 2.30. The molecule has 52 nitrogen and oxygen atoms in total. The Morgan fingerprint density at radius 3 is 1.19 bits per heavy atom. The lowest BCUT2D eigenvalue weighted by Gasteiger charge is -2.35. The third-order valence-electron chi connectivity index (χ3n) is 23.1. The number of primary amides is 6. The van der Waals surface area contributed by atoms with Crippen LogP contribution in [0.2, 0.25) is 0 Å². The van der Waals surface area contributed by atoms with Crippen LogP contribution in [0.15, 0.2) is 119 Å². The minimum Gasteiger partial charge on any atom is -0.508 e. The van der Waals surface area contributed by atoms with E-state index in [0.29, 0.717) is 40.6 Å². The molecular formula is C92H128N28O24S4. The third-order valence-corrected chi connectivity index (χ3v) is 27.0. The number of carbonyl (C=O) groups is 22. The summed E-state index contributed by atoms with van der Waals surface area (Å²) in [7, 11) is 2.19. The standard InChI is InChI=1S/2C46H64N14O12S2/c47-35(62)15-14-29-40(67)58-32(22-36(48)63)43(70)59-33(45(72)60-18-5-9-34(60)44(71)56-28(8-4-17-52-46(50)51)39(66)53-23-37(49)64)24-74-73-19-16-38(65)54-30(21-26-10-12-27(61)13-11-26)41(68)57-31(42(69)55-29)20-25-6-2-1-3-7-25;47-35(62)15-14-29-40(67)58-32(22-36(48)63)44(71)60(34(24-73)45(72)59-18-5-9-33(59)43(70)56-28(8-4-17-52-46(50)51)39(66)53-23-37(49)64)74-19-16-38(65)54-30(21-26-10-12-27(61)13-11-26)41(68)57-31(42(69)55-29)20-25-6-2-1-3-7-25/h1-3,6-7,10-13,28-34,61H,4-5,8-9,14-24H2,(H2,47,62)(H2,48,63)(H2,49,64)(H,53,66)(H,54,65)(H,55,69)(H,56,71)(H,57,68)(H,58,67)(H,59,70)(H4,50,51,52);1-3,6-7,10-13,28-34,61,73H,4-5,8-9,14-24H2,(H2,47,62)(H2,48,63)(H2,49,64)(H,53,66)(H,54,65)(H,55,69)(H,56,70)(H,57,68)(H,58,67)(H4,50,51,52)/t2*28-,29+,30+,31+,32+,33+,34+/m11/s1. The lowest BCUT2D eigenvalue weighted by molar-refractivity contribution is -0.145. The molecule has 4 aliphatic heterocycles. The second-order valence-electron chi connectivity index (χ2n) is 34.7. The van der Waals surface area contributed by atoms with Gasteiger partial charge >= 0.3 is 0 Å². The number of hydrogen-bond donors (Lipinski definition) is 26. The van der Waals surface area contributed by atoms with Crippen molar-refractivity contribution >= 4 is 188 Å². The molecule has 804 valence electrons. The summed E-state index contributed by atoms with van der Waals surface area (Å²) >= 11 is 5.06. The lowest BCUT2D eigenvalue weighted by Crippen LogP contribution is -2.61. The number of guanidine groups is 2. The number of nitrogens with two attached hydrogens (primary N) is 10. The van der Waals surface area contributed by atoms with Gasteiger partial charge in [-0.05, 0) is 123 Å². The van der Waals surface area contributed by atoms with Crippen LogP contribution in [-0.2, 0) is 131 Å². The van der Waals surface area contributed by atoms with Gasteiger partial charge < -0.3 is 146 Å². The van der Waals surface area contributed by atoms with Crippen molar-refractivity contribution in [3.8, 4) is 11.5 Å². The fourth-order valence-corrected chi connectivity index (χ4v) is 19.4. The van der Waals surface area contributed by atoms with Crippen LogP contribution in [0.4, 0.5) is 0 Å². The Bertz CT molecular complexity index is 5430. The second-order valence-corrected chi connectivity index (χ2v) is 38.8. The summed E-state index contributed by atoms with van der Waals surface area (Å²) < 4.78 is 0.902. The van der Waals surface area contributed by atoms with Crippen LogP contribution in [0.5, 0.6) is 11.5 Å². The Kier molecular flexibility index (Phi) is 49.6. The third kappa shape index (κ3) is 41.3. The summed E-state index contributed by atoms with van der Waals surface area (Å²) in [6.45, 7) is -0.868. The van der Waals surface area contributed by atoms with E-state index in [9.17, 15) is 116 Å². The van der Waals surface area contributed by atoms with Crippen LogP contribution in [-0.4, -0.2) is 313 Å². The van der Waals surface area contributed by atoms with Gasteiger partial charge in [-0.1, -0.05) is 107 Å². The maximum Gasteiger partial charge on any atom is 0.256 e. The molecule has 0 aromatic heterocycles. The maximum atomic E-state index is 14.9. The van der Waals surface area contributed by atoms with E-state index in [2.05, 4.69) is 91.7 Å². The van der Waals surface area contributed by atoms with Crippen LogP contribution < -0.4 is 126 Å². The number of aliphatic imine (C=N–C) groups is 2. The van der Waals surface area contributed by atoms with E-state index < -0.39 is 278 Å². The van der Waals surface area contributed by atoms with Crippen molar-refractivity contribution in [3.05, 3.63) is 131 Å². The summed E-state index contributed by atoms with van der Waals surface area (Å²) in [5, 5.41) is 53.0. The number of likely N-dealkylation sites (tertiary alicyclic amines) is 2. The Labute approximate surface area is 867 Å². The first kappa shape index (κ1) is 120. The number of amides is 22. The smallest absolute Gasteiger partial charge is 0.256 e. The highest BCUT2D eigenvalue weighted by molar-refractivity contribution is 8.76. The van der Waals surface area contributed by atoms with Crippen LogP contribution in [0.3, 0.4) is 0 Å². The molecule has 4 saturated heterocycles. The predicted octanol–water partition coefficient (Wildman–Crippen LogP) is -8.77. The fourth-order valence-electron chi connectivity index (χ4n) is 15.7. The topological polar surface area (TPSA) is 867 Å². The van der Waals surface area contributed by atoms with E-state index in [1.807, 2.05) is 0 Å². The molecule has 0 unspecified atom stereocenters. The van der Waals surface area contributed by atoms with Gasteiger partial charge in [0.2, 0.25) is 124 Å². The van der Waals surface area contributed by atoms with Gasteiger partial charge in [0.1, 0.15) is 96.1 Å². The van der Waals surface area contributed by atoms with Crippen molar-refractivity contribution in [2.75, 3.05) is 62.3 Å². The fraction of sp³-hybridized carbons (Fsp3) is 0.478. The van der Waals surface area contributed by atoms with E-state index in [4.69, 9.17) is 57.3 Å². The van der Waals surface area contributed by atoms with Gasteiger partial charge in [0.15, 0.2) is 11.9 Å². The molecule has 8 rings (SSSR count). The molecule has 4 fully saturated rings. The Hall–Kier alpha value is -15.2. The number of thiol groups is 1. The number of nitrogens with one attached hydrogen (secondary N) is 13. The number of aromatic hydroxyl groups is 2. The van der Waals surface area contributed by atoms with Crippen molar-refractivity contribution in [2.24, 2.45) is 67.3 Å². The molecular weight excluding hydrogens is 2010 g/mol. The summed E-state index contributed by atoms with van der Waals surface area (Å²) in [6.07, 6.45) is -3.14. The largest absolute Gasteiger partial charge is 0.508 e. The minimum absolute atomic E-state index is 0.00389. The summed E-state index contributed by atoms with van der Waals surface area (Å²) in [4.78, 5) is 307. The first-order valence-electron chi connectivity index (χ1n) is 47.1. The average molecular weight is 2140 g/mol. The van der Waals surface area contributed by atoms with Crippen LogP contribution in [0, 0.1) is 0 Å². The van der Waals surface area contributed by atoms with E-state index in [1.165, 1.54) is 46.2 Å². The van der Waals surface area contributed by atoms with Gasteiger partial charge in [-0.3, -0.25) is 120 Å². The number of phenolic OH excluding ortho intramolecular Hbond substituents is 2. The highest BCUT2D eigenvalue weighted by atomic mass is 33.1. The van der Waals surface area contributed by atoms with Crippen LogP contribution in [0.25, 0.3) is 0 Å². The molecule has 0 bridgehead atoms. The van der Waals surface area contributed by atoms with Gasteiger partial charge in [0.05, 0.1) is 25.9 Å².